The van der Waals surface area contributed by atoms with Crippen molar-refractivity contribution in [3.8, 4) is 0 Å². The van der Waals surface area contributed by atoms with E-state index in [-0.39, 0.29) is 11.5 Å². The Morgan fingerprint density at radius 1 is 1.47 bits per heavy atom. The summed E-state index contributed by atoms with van der Waals surface area (Å²) in [7, 11) is 3.50. The minimum Gasteiger partial charge on any atom is -0.361 e. The molecular weight excluding hydrogens is 216 g/mol. The summed E-state index contributed by atoms with van der Waals surface area (Å²) in [5.74, 6) is 0.759. The Morgan fingerprint density at radius 3 is 2.41 bits per heavy atom. The van der Waals surface area contributed by atoms with E-state index in [1.165, 1.54) is 0 Å². The third-order valence-electron chi connectivity index (χ3n) is 3.77. The molecular formula is C13H26N2O2. The van der Waals surface area contributed by atoms with Crippen molar-refractivity contribution in [3.63, 3.8) is 0 Å². The second-order valence-corrected chi connectivity index (χ2v) is 5.56. The lowest BCUT2D eigenvalue weighted by Crippen LogP contribution is -2.48. The fourth-order valence-electron chi connectivity index (χ4n) is 2.45. The van der Waals surface area contributed by atoms with Gasteiger partial charge in [-0.15, -0.1) is 0 Å². The highest BCUT2D eigenvalue weighted by Crippen LogP contribution is 2.35. The van der Waals surface area contributed by atoms with Crippen LogP contribution in [0.2, 0.25) is 0 Å². The molecule has 0 aromatic rings. The van der Waals surface area contributed by atoms with E-state index >= 15 is 0 Å². The molecule has 0 saturated heterocycles. The normalized spacial score (nSPS) is 31.0. The summed E-state index contributed by atoms with van der Waals surface area (Å²) in [6.07, 6.45) is 3.81. The molecule has 4 nitrogen and oxygen atoms in total. The van der Waals surface area contributed by atoms with Crippen molar-refractivity contribution >= 4 is 5.91 Å². The van der Waals surface area contributed by atoms with Gasteiger partial charge in [0.15, 0.2) is 0 Å². The van der Waals surface area contributed by atoms with Crippen LogP contribution in [0.4, 0.5) is 0 Å². The third-order valence-corrected chi connectivity index (χ3v) is 3.77. The SMILES string of the molecule is CC1CCC(CN)(OC(C)C(=O)N(C)C)CC1. The Kier molecular flexibility index (Phi) is 4.95. The smallest absolute Gasteiger partial charge is 0.250 e. The van der Waals surface area contributed by atoms with Crippen molar-refractivity contribution in [2.24, 2.45) is 11.7 Å². The molecule has 1 rings (SSSR count). The van der Waals surface area contributed by atoms with E-state index in [4.69, 9.17) is 10.5 Å². The highest BCUT2D eigenvalue weighted by atomic mass is 16.5. The molecule has 100 valence electrons. The van der Waals surface area contributed by atoms with Crippen LogP contribution in [0.5, 0.6) is 0 Å². The summed E-state index contributed by atoms with van der Waals surface area (Å²) in [4.78, 5) is 13.4. The van der Waals surface area contributed by atoms with Crippen LogP contribution in [0, 0.1) is 5.92 Å². The van der Waals surface area contributed by atoms with Gasteiger partial charge >= 0.3 is 0 Å². The number of amides is 1. The van der Waals surface area contributed by atoms with Crippen molar-refractivity contribution in [3.05, 3.63) is 0 Å². The average Bonchev–Trinajstić information content (AvgIpc) is 2.31. The van der Waals surface area contributed by atoms with E-state index in [0.29, 0.717) is 6.54 Å². The number of hydrogen-bond acceptors (Lipinski definition) is 3. The maximum Gasteiger partial charge on any atom is 0.250 e. The number of likely N-dealkylation sites (N-methyl/N-ethyl adjacent to an activating group) is 1. The van der Waals surface area contributed by atoms with E-state index in [1.54, 1.807) is 19.0 Å². The molecule has 0 heterocycles. The molecule has 2 N–H and O–H groups in total. The molecule has 1 aliphatic rings. The molecule has 1 unspecified atom stereocenters. The molecule has 0 bridgehead atoms. The van der Waals surface area contributed by atoms with Crippen molar-refractivity contribution in [1.82, 2.24) is 4.90 Å². The van der Waals surface area contributed by atoms with Gasteiger partial charge in [0.1, 0.15) is 6.10 Å². The molecule has 17 heavy (non-hydrogen) atoms. The Hall–Kier alpha value is -0.610. The van der Waals surface area contributed by atoms with E-state index in [9.17, 15) is 4.79 Å². The zero-order chi connectivity index (χ0) is 13.1. The lowest BCUT2D eigenvalue weighted by Gasteiger charge is -2.40. The van der Waals surface area contributed by atoms with Gasteiger partial charge in [-0.25, -0.2) is 0 Å². The molecule has 1 amide bonds. The number of carbonyl (C=O) groups is 1. The molecule has 1 saturated carbocycles. The van der Waals surface area contributed by atoms with Crippen molar-refractivity contribution in [2.75, 3.05) is 20.6 Å². The number of hydrogen-bond donors (Lipinski definition) is 1. The van der Waals surface area contributed by atoms with Crippen LogP contribution in [-0.4, -0.2) is 43.2 Å². The lowest BCUT2D eigenvalue weighted by atomic mass is 9.79. The van der Waals surface area contributed by atoms with Crippen LogP contribution in [0.3, 0.4) is 0 Å². The first-order valence-corrected chi connectivity index (χ1v) is 6.49. The molecule has 0 radical (unpaired) electrons. The minimum absolute atomic E-state index is 0.0106. The zero-order valence-corrected chi connectivity index (χ0v) is 11.5. The van der Waals surface area contributed by atoms with Gasteiger partial charge in [0.25, 0.3) is 5.91 Å². The fourth-order valence-corrected chi connectivity index (χ4v) is 2.45. The first-order valence-electron chi connectivity index (χ1n) is 6.49. The number of ether oxygens (including phenoxy) is 1. The van der Waals surface area contributed by atoms with Gasteiger partial charge in [-0.3, -0.25) is 4.79 Å². The molecule has 0 aliphatic heterocycles. The standard InChI is InChI=1S/C13H26N2O2/c1-10-5-7-13(9-14,8-6-10)17-11(2)12(16)15(3)4/h10-11H,5-9,14H2,1-4H3. The van der Waals surface area contributed by atoms with Crippen molar-refractivity contribution in [2.45, 2.75) is 51.2 Å². The first kappa shape index (κ1) is 14.5. The quantitative estimate of drug-likeness (QED) is 0.810. The van der Waals surface area contributed by atoms with Gasteiger partial charge in [-0.1, -0.05) is 6.92 Å². The third kappa shape index (κ3) is 3.68. The van der Waals surface area contributed by atoms with Gasteiger partial charge in [0.05, 0.1) is 5.60 Å². The fraction of sp³-hybridized carbons (Fsp3) is 0.923. The number of rotatable bonds is 4. The Balaban J connectivity index is 2.60. The monoisotopic (exact) mass is 242 g/mol. The Labute approximate surface area is 104 Å². The van der Waals surface area contributed by atoms with Crippen LogP contribution >= 0.6 is 0 Å². The Bertz CT molecular complexity index is 258. The second kappa shape index (κ2) is 5.83. The Morgan fingerprint density at radius 2 is 2.00 bits per heavy atom. The summed E-state index contributed by atoms with van der Waals surface area (Å²) in [5.41, 5.74) is 5.58. The highest BCUT2D eigenvalue weighted by molar-refractivity contribution is 5.80. The van der Waals surface area contributed by atoms with Gasteiger partial charge in [-0.05, 0) is 38.5 Å². The number of carbonyl (C=O) groups excluding carboxylic acids is 1. The summed E-state index contributed by atoms with van der Waals surface area (Å²) >= 11 is 0. The van der Waals surface area contributed by atoms with E-state index in [0.717, 1.165) is 31.6 Å². The van der Waals surface area contributed by atoms with Gasteiger partial charge in [-0.2, -0.15) is 0 Å². The topological polar surface area (TPSA) is 55.6 Å². The molecule has 1 fully saturated rings. The maximum atomic E-state index is 11.8. The molecule has 4 heteroatoms. The molecule has 1 atom stereocenters. The zero-order valence-electron chi connectivity index (χ0n) is 11.5. The van der Waals surface area contributed by atoms with Crippen LogP contribution < -0.4 is 5.73 Å². The predicted octanol–water partition coefficient (Wildman–Crippen LogP) is 1.39. The highest BCUT2D eigenvalue weighted by Gasteiger charge is 2.36. The summed E-state index contributed by atoms with van der Waals surface area (Å²) in [6, 6.07) is 0. The van der Waals surface area contributed by atoms with Crippen LogP contribution in [-0.2, 0) is 9.53 Å². The molecule has 1 aliphatic carbocycles. The maximum absolute atomic E-state index is 11.8. The first-order chi connectivity index (χ1) is 7.90. The van der Waals surface area contributed by atoms with Crippen LogP contribution in [0.15, 0.2) is 0 Å². The summed E-state index contributed by atoms with van der Waals surface area (Å²) in [6.45, 7) is 4.58. The van der Waals surface area contributed by atoms with Crippen LogP contribution in [0.25, 0.3) is 0 Å². The summed E-state index contributed by atoms with van der Waals surface area (Å²) in [5, 5.41) is 0. The van der Waals surface area contributed by atoms with Gasteiger partial charge in [0.2, 0.25) is 0 Å². The molecule has 0 aromatic carbocycles. The molecule has 0 aromatic heterocycles. The predicted molar refractivity (Wildman–Crippen MR) is 68.7 cm³/mol. The number of nitrogens with two attached hydrogens (primary N) is 1. The van der Waals surface area contributed by atoms with Gasteiger partial charge in [0, 0.05) is 20.6 Å². The lowest BCUT2D eigenvalue weighted by molar-refractivity contribution is -0.157. The minimum atomic E-state index is -0.401. The molecule has 0 spiro atoms. The van der Waals surface area contributed by atoms with Crippen molar-refractivity contribution in [1.29, 1.82) is 0 Å². The van der Waals surface area contributed by atoms with Gasteiger partial charge < -0.3 is 15.4 Å². The second-order valence-electron chi connectivity index (χ2n) is 5.56. The average molecular weight is 242 g/mol. The largest absolute Gasteiger partial charge is 0.361 e. The number of nitrogens with zero attached hydrogens (tertiary/aromatic N) is 1. The van der Waals surface area contributed by atoms with E-state index in [2.05, 4.69) is 6.92 Å². The van der Waals surface area contributed by atoms with Crippen LogP contribution in [0.1, 0.15) is 39.5 Å². The summed E-state index contributed by atoms with van der Waals surface area (Å²) < 4.78 is 5.98. The van der Waals surface area contributed by atoms with Crippen molar-refractivity contribution < 1.29 is 9.53 Å². The van der Waals surface area contributed by atoms with E-state index < -0.39 is 6.10 Å². The van der Waals surface area contributed by atoms with E-state index in [1.807, 2.05) is 6.92 Å².